The van der Waals surface area contributed by atoms with E-state index in [0.717, 1.165) is 58.3 Å². The summed E-state index contributed by atoms with van der Waals surface area (Å²) in [6.45, 7) is 15.8. The fraction of sp³-hybridized carbons (Fsp3) is 0.947. The van der Waals surface area contributed by atoms with Crippen LogP contribution >= 0.6 is 0 Å². The van der Waals surface area contributed by atoms with E-state index < -0.39 is 0 Å². The Morgan fingerprint density at radius 2 is 1.92 bits per heavy atom. The molecule has 0 saturated carbocycles. The first-order chi connectivity index (χ1) is 12.5. The molecule has 1 fully saturated rings. The van der Waals surface area contributed by atoms with Crippen LogP contribution < -0.4 is 10.6 Å². The molecule has 0 radical (unpaired) electrons. The zero-order valence-electron chi connectivity index (χ0n) is 17.8. The summed E-state index contributed by atoms with van der Waals surface area (Å²) in [7, 11) is 6.11. The van der Waals surface area contributed by atoms with Crippen LogP contribution in [0.5, 0.6) is 0 Å². The minimum atomic E-state index is 0.575. The van der Waals surface area contributed by atoms with E-state index in [0.29, 0.717) is 5.92 Å². The minimum absolute atomic E-state index is 0.575. The quantitative estimate of drug-likeness (QED) is 0.295. The zero-order chi connectivity index (χ0) is 19.2. The Kier molecular flexibility index (Phi) is 12.6. The molecule has 1 unspecified atom stereocenters. The standard InChI is InChI=1S/C19H42N6O/c1-6-20-19(21-8-10-23(3)9-7-15-26-5)22-16-18(2)17-25-13-11-24(4)12-14-25/h18H,6-17H2,1-5H3,(H2,20,21,22). The SMILES string of the molecule is CCNC(=NCC(C)CN1CCN(C)CC1)NCCN(C)CCCOC. The number of rotatable bonds is 12. The Balaban J connectivity index is 2.26. The second-order valence-electron chi connectivity index (χ2n) is 7.51. The van der Waals surface area contributed by atoms with E-state index in [1.807, 2.05) is 0 Å². The van der Waals surface area contributed by atoms with Crippen molar-refractivity contribution in [2.75, 3.05) is 93.3 Å². The zero-order valence-corrected chi connectivity index (χ0v) is 17.8. The maximum absolute atomic E-state index is 5.10. The number of nitrogens with one attached hydrogen (secondary N) is 2. The summed E-state index contributed by atoms with van der Waals surface area (Å²) in [6, 6.07) is 0. The van der Waals surface area contributed by atoms with Crippen molar-refractivity contribution in [3.05, 3.63) is 0 Å². The van der Waals surface area contributed by atoms with Gasteiger partial charge in [-0.05, 0) is 33.4 Å². The lowest BCUT2D eigenvalue weighted by Crippen LogP contribution is -2.46. The van der Waals surface area contributed by atoms with Crippen molar-refractivity contribution < 1.29 is 4.74 Å². The lowest BCUT2D eigenvalue weighted by atomic mass is 10.1. The summed E-state index contributed by atoms with van der Waals surface area (Å²) >= 11 is 0. The van der Waals surface area contributed by atoms with Gasteiger partial charge in [0, 0.05) is 79.2 Å². The third kappa shape index (κ3) is 11.0. The Hall–Kier alpha value is -0.890. The van der Waals surface area contributed by atoms with Crippen molar-refractivity contribution in [1.29, 1.82) is 0 Å². The van der Waals surface area contributed by atoms with Crippen LogP contribution in [0, 0.1) is 5.92 Å². The highest BCUT2D eigenvalue weighted by atomic mass is 16.5. The van der Waals surface area contributed by atoms with Crippen molar-refractivity contribution in [3.63, 3.8) is 0 Å². The van der Waals surface area contributed by atoms with Crippen LogP contribution in [0.4, 0.5) is 0 Å². The number of methoxy groups -OCH3 is 1. The molecule has 1 atom stereocenters. The largest absolute Gasteiger partial charge is 0.385 e. The van der Waals surface area contributed by atoms with Crippen LogP contribution in [-0.2, 0) is 4.74 Å². The molecule has 1 heterocycles. The van der Waals surface area contributed by atoms with Gasteiger partial charge >= 0.3 is 0 Å². The van der Waals surface area contributed by atoms with Gasteiger partial charge in [0.05, 0.1) is 0 Å². The van der Waals surface area contributed by atoms with Crippen LogP contribution in [0.1, 0.15) is 20.3 Å². The van der Waals surface area contributed by atoms with E-state index in [-0.39, 0.29) is 0 Å². The molecule has 7 nitrogen and oxygen atoms in total. The van der Waals surface area contributed by atoms with Crippen molar-refractivity contribution in [1.82, 2.24) is 25.3 Å². The molecule has 154 valence electrons. The van der Waals surface area contributed by atoms with Gasteiger partial charge in [-0.25, -0.2) is 0 Å². The normalized spacial score (nSPS) is 18.3. The lowest BCUT2D eigenvalue weighted by molar-refractivity contribution is 0.140. The number of guanidine groups is 1. The molecule has 1 aliphatic rings. The van der Waals surface area contributed by atoms with Gasteiger partial charge in [-0.15, -0.1) is 0 Å². The van der Waals surface area contributed by atoms with E-state index >= 15 is 0 Å². The molecular weight excluding hydrogens is 328 g/mol. The van der Waals surface area contributed by atoms with Gasteiger partial charge in [-0.2, -0.15) is 0 Å². The third-order valence-electron chi connectivity index (χ3n) is 4.75. The van der Waals surface area contributed by atoms with Crippen LogP contribution in [0.15, 0.2) is 4.99 Å². The Morgan fingerprint density at radius 1 is 1.19 bits per heavy atom. The molecule has 2 N–H and O–H groups in total. The van der Waals surface area contributed by atoms with Gasteiger partial charge in [0.2, 0.25) is 0 Å². The van der Waals surface area contributed by atoms with Crippen molar-refractivity contribution in [3.8, 4) is 0 Å². The Bertz CT molecular complexity index is 371. The second kappa shape index (κ2) is 14.2. The highest BCUT2D eigenvalue weighted by Crippen LogP contribution is 2.05. The summed E-state index contributed by atoms with van der Waals surface area (Å²) in [6.07, 6.45) is 1.07. The number of aliphatic imine (C=N–C) groups is 1. The van der Waals surface area contributed by atoms with E-state index in [9.17, 15) is 0 Å². The molecule has 7 heteroatoms. The van der Waals surface area contributed by atoms with Crippen molar-refractivity contribution in [2.24, 2.45) is 10.9 Å². The number of hydrogen-bond acceptors (Lipinski definition) is 5. The van der Waals surface area contributed by atoms with E-state index in [4.69, 9.17) is 9.73 Å². The van der Waals surface area contributed by atoms with E-state index in [1.54, 1.807) is 7.11 Å². The number of nitrogens with zero attached hydrogens (tertiary/aromatic N) is 4. The Morgan fingerprint density at radius 3 is 2.58 bits per heavy atom. The highest BCUT2D eigenvalue weighted by Gasteiger charge is 2.15. The first-order valence-corrected chi connectivity index (χ1v) is 10.2. The summed E-state index contributed by atoms with van der Waals surface area (Å²) in [4.78, 5) is 12.1. The van der Waals surface area contributed by atoms with Gasteiger partial charge in [-0.3, -0.25) is 4.99 Å². The molecule has 1 rings (SSSR count). The summed E-state index contributed by atoms with van der Waals surface area (Å²) in [5.74, 6) is 1.51. The maximum atomic E-state index is 5.10. The van der Waals surface area contributed by atoms with E-state index in [2.05, 4.69) is 53.3 Å². The topological polar surface area (TPSA) is 55.4 Å². The molecule has 0 aliphatic carbocycles. The molecule has 0 amide bonds. The van der Waals surface area contributed by atoms with Crippen LogP contribution in [-0.4, -0.2) is 114 Å². The van der Waals surface area contributed by atoms with Crippen LogP contribution in [0.2, 0.25) is 0 Å². The fourth-order valence-corrected chi connectivity index (χ4v) is 3.07. The average molecular weight is 371 g/mol. The first kappa shape index (κ1) is 23.1. The predicted octanol–water partition coefficient (Wildman–Crippen LogP) is 0.393. The molecule has 0 aromatic carbocycles. The maximum Gasteiger partial charge on any atom is 0.191 e. The minimum Gasteiger partial charge on any atom is -0.385 e. The van der Waals surface area contributed by atoms with Gasteiger partial charge < -0.3 is 30.1 Å². The molecule has 0 bridgehead atoms. The average Bonchev–Trinajstić information content (AvgIpc) is 2.62. The van der Waals surface area contributed by atoms with Gasteiger partial charge in [0.25, 0.3) is 0 Å². The van der Waals surface area contributed by atoms with E-state index in [1.165, 1.54) is 26.2 Å². The van der Waals surface area contributed by atoms with Gasteiger partial charge in [0.1, 0.15) is 0 Å². The molecule has 26 heavy (non-hydrogen) atoms. The van der Waals surface area contributed by atoms with Crippen molar-refractivity contribution >= 4 is 5.96 Å². The smallest absolute Gasteiger partial charge is 0.191 e. The number of ether oxygens (including phenoxy) is 1. The second-order valence-corrected chi connectivity index (χ2v) is 7.51. The number of piperazine rings is 1. The molecule has 0 aromatic heterocycles. The molecule has 1 saturated heterocycles. The third-order valence-corrected chi connectivity index (χ3v) is 4.75. The van der Waals surface area contributed by atoms with Gasteiger partial charge in [-0.1, -0.05) is 6.92 Å². The van der Waals surface area contributed by atoms with Crippen molar-refractivity contribution in [2.45, 2.75) is 20.3 Å². The summed E-state index contributed by atoms with van der Waals surface area (Å²) < 4.78 is 5.10. The summed E-state index contributed by atoms with van der Waals surface area (Å²) in [5.41, 5.74) is 0. The number of hydrogen-bond donors (Lipinski definition) is 2. The highest BCUT2D eigenvalue weighted by molar-refractivity contribution is 5.79. The summed E-state index contributed by atoms with van der Waals surface area (Å²) in [5, 5.41) is 6.81. The molecule has 1 aliphatic heterocycles. The Labute approximate surface area is 161 Å². The first-order valence-electron chi connectivity index (χ1n) is 10.2. The van der Waals surface area contributed by atoms with Crippen LogP contribution in [0.3, 0.4) is 0 Å². The monoisotopic (exact) mass is 370 g/mol. The van der Waals surface area contributed by atoms with Crippen LogP contribution in [0.25, 0.3) is 0 Å². The predicted molar refractivity (Wildman–Crippen MR) is 111 cm³/mol. The molecular formula is C19H42N6O. The number of likely N-dealkylation sites (N-methyl/N-ethyl adjacent to an activating group) is 2. The molecule has 0 spiro atoms. The fourth-order valence-electron chi connectivity index (χ4n) is 3.07. The lowest BCUT2D eigenvalue weighted by Gasteiger charge is -2.33. The van der Waals surface area contributed by atoms with Gasteiger partial charge in [0.15, 0.2) is 5.96 Å². The molecule has 0 aromatic rings.